The zero-order chi connectivity index (χ0) is 13.1. The van der Waals surface area contributed by atoms with Crippen LogP contribution in [-0.2, 0) is 6.42 Å². The lowest BCUT2D eigenvalue weighted by Crippen LogP contribution is -2.27. The number of nitrogens with zero attached hydrogens (tertiary/aromatic N) is 3. The maximum atomic E-state index is 12.1. The molecule has 1 fully saturated rings. The van der Waals surface area contributed by atoms with E-state index in [1.165, 1.54) is 19.2 Å². The predicted molar refractivity (Wildman–Crippen MR) is 69.7 cm³/mol. The summed E-state index contributed by atoms with van der Waals surface area (Å²) >= 11 is 0. The van der Waals surface area contributed by atoms with Crippen LogP contribution in [0.5, 0.6) is 0 Å². The van der Waals surface area contributed by atoms with Crippen LogP contribution in [0.4, 0.5) is 0 Å². The highest BCUT2D eigenvalue weighted by molar-refractivity contribution is 5.92. The standard InChI is InChI=1S/C13H17N5O/c19-13(11-3-2-8-18(11)10-5-6-10)14-7-1-4-12-15-9-16-17-12/h2-3,8-10H,1,4-7H2,(H,14,19)(H,15,16,17). The van der Waals surface area contributed by atoms with Gasteiger partial charge >= 0.3 is 0 Å². The molecule has 0 saturated heterocycles. The normalized spacial score (nSPS) is 14.5. The fourth-order valence-corrected chi connectivity index (χ4v) is 2.16. The van der Waals surface area contributed by atoms with Gasteiger partial charge in [-0.05, 0) is 31.4 Å². The zero-order valence-electron chi connectivity index (χ0n) is 10.7. The second-order valence-corrected chi connectivity index (χ2v) is 4.82. The second-order valence-electron chi connectivity index (χ2n) is 4.82. The Bertz CT molecular complexity index is 541. The molecule has 100 valence electrons. The van der Waals surface area contributed by atoms with Gasteiger partial charge < -0.3 is 9.88 Å². The average Bonchev–Trinajstić information content (AvgIpc) is 2.95. The summed E-state index contributed by atoms with van der Waals surface area (Å²) in [4.78, 5) is 16.1. The number of aryl methyl sites for hydroxylation is 1. The quantitative estimate of drug-likeness (QED) is 0.768. The van der Waals surface area contributed by atoms with E-state index in [1.807, 2.05) is 18.3 Å². The van der Waals surface area contributed by atoms with Gasteiger partial charge in [0.15, 0.2) is 0 Å². The van der Waals surface area contributed by atoms with Crippen LogP contribution < -0.4 is 5.32 Å². The fraction of sp³-hybridized carbons (Fsp3) is 0.462. The highest BCUT2D eigenvalue weighted by Gasteiger charge is 2.26. The lowest BCUT2D eigenvalue weighted by molar-refractivity contribution is 0.0943. The van der Waals surface area contributed by atoms with Crippen LogP contribution in [0, 0.1) is 0 Å². The van der Waals surface area contributed by atoms with E-state index in [1.54, 1.807) is 0 Å². The molecule has 2 aromatic rings. The summed E-state index contributed by atoms with van der Waals surface area (Å²) in [6, 6.07) is 4.34. The highest BCUT2D eigenvalue weighted by Crippen LogP contribution is 2.35. The van der Waals surface area contributed by atoms with Crippen molar-refractivity contribution in [1.29, 1.82) is 0 Å². The molecule has 1 aliphatic rings. The van der Waals surface area contributed by atoms with E-state index in [-0.39, 0.29) is 5.91 Å². The van der Waals surface area contributed by atoms with E-state index >= 15 is 0 Å². The van der Waals surface area contributed by atoms with E-state index in [2.05, 4.69) is 25.1 Å². The Morgan fingerprint density at radius 3 is 3.16 bits per heavy atom. The van der Waals surface area contributed by atoms with Gasteiger partial charge in [-0.15, -0.1) is 0 Å². The Morgan fingerprint density at radius 1 is 1.53 bits per heavy atom. The molecule has 3 rings (SSSR count). The molecule has 1 amide bonds. The van der Waals surface area contributed by atoms with Crippen molar-refractivity contribution in [2.24, 2.45) is 0 Å². The van der Waals surface area contributed by atoms with Crippen molar-refractivity contribution in [2.75, 3.05) is 6.54 Å². The number of hydrogen-bond donors (Lipinski definition) is 2. The SMILES string of the molecule is O=C(NCCCc1ncn[nH]1)c1cccn1C1CC1. The number of aromatic amines is 1. The third-order valence-electron chi connectivity index (χ3n) is 3.29. The van der Waals surface area contributed by atoms with Crippen molar-refractivity contribution in [3.63, 3.8) is 0 Å². The van der Waals surface area contributed by atoms with Gasteiger partial charge in [-0.1, -0.05) is 0 Å². The lowest BCUT2D eigenvalue weighted by Gasteiger charge is -2.08. The number of hydrogen-bond acceptors (Lipinski definition) is 3. The first-order valence-electron chi connectivity index (χ1n) is 6.64. The van der Waals surface area contributed by atoms with Crippen LogP contribution in [0.15, 0.2) is 24.7 Å². The first kappa shape index (κ1) is 12.0. The largest absolute Gasteiger partial charge is 0.351 e. The molecule has 0 spiro atoms. The van der Waals surface area contributed by atoms with Crippen molar-refractivity contribution < 1.29 is 4.79 Å². The number of rotatable bonds is 6. The minimum Gasteiger partial charge on any atom is -0.351 e. The van der Waals surface area contributed by atoms with Crippen molar-refractivity contribution >= 4 is 5.91 Å². The lowest BCUT2D eigenvalue weighted by atomic mass is 10.3. The van der Waals surface area contributed by atoms with Gasteiger partial charge in [0.05, 0.1) is 0 Å². The van der Waals surface area contributed by atoms with Crippen LogP contribution in [-0.4, -0.2) is 32.2 Å². The summed E-state index contributed by atoms with van der Waals surface area (Å²) in [6.45, 7) is 0.648. The zero-order valence-corrected chi connectivity index (χ0v) is 10.7. The molecule has 0 aromatic carbocycles. The molecule has 0 unspecified atom stereocenters. The van der Waals surface area contributed by atoms with E-state index in [9.17, 15) is 4.79 Å². The number of nitrogens with one attached hydrogen (secondary N) is 2. The third kappa shape index (κ3) is 2.83. The average molecular weight is 259 g/mol. The van der Waals surface area contributed by atoms with Crippen molar-refractivity contribution in [2.45, 2.75) is 31.7 Å². The Labute approximate surface area is 111 Å². The summed E-state index contributed by atoms with van der Waals surface area (Å²) in [6.07, 6.45) is 7.49. The molecule has 19 heavy (non-hydrogen) atoms. The van der Waals surface area contributed by atoms with Crippen LogP contribution in [0.1, 0.15) is 41.6 Å². The molecule has 6 nitrogen and oxygen atoms in total. The molecule has 1 aliphatic carbocycles. The molecular formula is C13H17N5O. The van der Waals surface area contributed by atoms with Gasteiger partial charge in [0.2, 0.25) is 0 Å². The van der Waals surface area contributed by atoms with Crippen molar-refractivity contribution in [3.05, 3.63) is 36.2 Å². The van der Waals surface area contributed by atoms with Gasteiger partial charge in [0.25, 0.3) is 5.91 Å². The maximum Gasteiger partial charge on any atom is 0.267 e. The molecule has 0 aliphatic heterocycles. The van der Waals surface area contributed by atoms with Crippen LogP contribution in [0.3, 0.4) is 0 Å². The molecule has 6 heteroatoms. The first-order chi connectivity index (χ1) is 9.34. The van der Waals surface area contributed by atoms with Gasteiger partial charge in [0, 0.05) is 25.2 Å². The van der Waals surface area contributed by atoms with Crippen LogP contribution in [0.2, 0.25) is 0 Å². The monoisotopic (exact) mass is 259 g/mol. The van der Waals surface area contributed by atoms with Crippen LogP contribution in [0.25, 0.3) is 0 Å². The third-order valence-corrected chi connectivity index (χ3v) is 3.29. The molecule has 0 bridgehead atoms. The Hall–Kier alpha value is -2.11. The summed E-state index contributed by atoms with van der Waals surface area (Å²) in [7, 11) is 0. The van der Waals surface area contributed by atoms with Gasteiger partial charge in [-0.3, -0.25) is 9.89 Å². The molecular weight excluding hydrogens is 242 g/mol. The Balaban J connectivity index is 1.47. The van der Waals surface area contributed by atoms with E-state index in [0.717, 1.165) is 24.4 Å². The minimum atomic E-state index is 0.00877. The number of carbonyl (C=O) groups excluding carboxylic acids is 1. The molecule has 2 aromatic heterocycles. The number of H-pyrrole nitrogens is 1. The van der Waals surface area contributed by atoms with Crippen molar-refractivity contribution in [3.8, 4) is 0 Å². The summed E-state index contributed by atoms with van der Waals surface area (Å²) in [5, 5.41) is 9.54. The highest BCUT2D eigenvalue weighted by atomic mass is 16.1. The van der Waals surface area contributed by atoms with E-state index < -0.39 is 0 Å². The van der Waals surface area contributed by atoms with Gasteiger partial charge in [-0.2, -0.15) is 5.10 Å². The Morgan fingerprint density at radius 2 is 2.42 bits per heavy atom. The molecule has 0 atom stereocenters. The molecule has 1 saturated carbocycles. The number of carbonyl (C=O) groups is 1. The fourth-order valence-electron chi connectivity index (χ4n) is 2.16. The number of amides is 1. The van der Waals surface area contributed by atoms with E-state index in [4.69, 9.17) is 0 Å². The van der Waals surface area contributed by atoms with Crippen molar-refractivity contribution in [1.82, 2.24) is 25.1 Å². The van der Waals surface area contributed by atoms with E-state index in [0.29, 0.717) is 12.6 Å². The topological polar surface area (TPSA) is 75.6 Å². The van der Waals surface area contributed by atoms with Gasteiger partial charge in [-0.25, -0.2) is 4.98 Å². The first-order valence-corrected chi connectivity index (χ1v) is 6.64. The van der Waals surface area contributed by atoms with Crippen LogP contribution >= 0.6 is 0 Å². The summed E-state index contributed by atoms with van der Waals surface area (Å²) in [5.41, 5.74) is 0.766. The second kappa shape index (κ2) is 5.26. The molecule has 2 heterocycles. The predicted octanol–water partition coefficient (Wildman–Crippen LogP) is 1.30. The summed E-state index contributed by atoms with van der Waals surface area (Å²) in [5.74, 6) is 0.866. The smallest absolute Gasteiger partial charge is 0.267 e. The summed E-state index contributed by atoms with van der Waals surface area (Å²) < 4.78 is 2.08. The number of aromatic nitrogens is 4. The Kier molecular flexibility index (Phi) is 3.31. The maximum absolute atomic E-state index is 12.1. The van der Waals surface area contributed by atoms with Gasteiger partial charge in [0.1, 0.15) is 17.8 Å². The minimum absolute atomic E-state index is 0.00877. The molecule has 2 N–H and O–H groups in total. The molecule has 0 radical (unpaired) electrons.